The summed E-state index contributed by atoms with van der Waals surface area (Å²) in [6.07, 6.45) is 11.5. The Morgan fingerprint density at radius 2 is 1.71 bits per heavy atom. The highest BCUT2D eigenvalue weighted by molar-refractivity contribution is 5.33. The van der Waals surface area contributed by atoms with Gasteiger partial charge in [0.15, 0.2) is 17.4 Å². The second kappa shape index (κ2) is 9.09. The van der Waals surface area contributed by atoms with Crippen LogP contribution in [0.15, 0.2) is 24.3 Å². The van der Waals surface area contributed by atoms with Crippen molar-refractivity contribution in [3.8, 4) is 5.75 Å². The monoisotopic (exact) mass is 344 g/mol. The van der Waals surface area contributed by atoms with Crippen molar-refractivity contribution in [2.45, 2.75) is 64.4 Å². The Labute approximate surface area is 140 Å². The molecule has 2 rings (SSSR count). The van der Waals surface area contributed by atoms with Crippen LogP contribution in [-0.4, -0.2) is 6.61 Å². The van der Waals surface area contributed by atoms with Gasteiger partial charge in [-0.05, 0) is 74.5 Å². The molecule has 0 unspecified atom stereocenters. The third kappa shape index (κ3) is 5.25. The summed E-state index contributed by atoms with van der Waals surface area (Å²) in [6, 6.07) is 2.27. The summed E-state index contributed by atoms with van der Waals surface area (Å²) in [5, 5.41) is 0. The van der Waals surface area contributed by atoms with Crippen LogP contribution in [0, 0.1) is 17.6 Å². The predicted molar refractivity (Wildman–Crippen MR) is 86.4 cm³/mol. The van der Waals surface area contributed by atoms with Gasteiger partial charge in [0.05, 0.1) is 0 Å². The van der Waals surface area contributed by atoms with E-state index in [0.717, 1.165) is 57.1 Å². The molecule has 24 heavy (non-hydrogen) atoms. The maximum Gasteiger partial charge on any atom is 0.387 e. The average Bonchev–Trinajstić information content (AvgIpc) is 2.55. The Bertz CT molecular complexity index is 525. The number of halogens is 4. The molecule has 0 saturated heterocycles. The molecule has 0 N–H and O–H groups in total. The van der Waals surface area contributed by atoms with Crippen LogP contribution in [0.3, 0.4) is 0 Å². The first-order valence-electron chi connectivity index (χ1n) is 8.60. The van der Waals surface area contributed by atoms with Gasteiger partial charge in [0, 0.05) is 0 Å². The summed E-state index contributed by atoms with van der Waals surface area (Å²) in [6.45, 7) is -1.13. The highest BCUT2D eigenvalue weighted by Gasteiger charge is 2.25. The van der Waals surface area contributed by atoms with E-state index >= 15 is 0 Å². The average molecular weight is 344 g/mol. The van der Waals surface area contributed by atoms with Crippen molar-refractivity contribution in [3.05, 3.63) is 41.5 Å². The van der Waals surface area contributed by atoms with Crippen LogP contribution in [0.4, 0.5) is 17.6 Å². The summed E-state index contributed by atoms with van der Waals surface area (Å²) >= 11 is 0. The number of benzene rings is 1. The molecule has 1 aliphatic rings. The summed E-state index contributed by atoms with van der Waals surface area (Å²) in [4.78, 5) is 0. The van der Waals surface area contributed by atoms with E-state index < -0.39 is 24.0 Å². The second-order valence-corrected chi connectivity index (χ2v) is 6.37. The number of allylic oxidation sites excluding steroid dienone is 2. The molecule has 0 aromatic heterocycles. The lowest BCUT2D eigenvalue weighted by Crippen LogP contribution is -2.14. The zero-order valence-electron chi connectivity index (χ0n) is 13.9. The number of hydrogen-bond donors (Lipinski definition) is 0. The van der Waals surface area contributed by atoms with E-state index in [2.05, 4.69) is 23.8 Å². The molecule has 0 aliphatic heterocycles. The van der Waals surface area contributed by atoms with Gasteiger partial charge < -0.3 is 4.74 Å². The fraction of sp³-hybridized carbons (Fsp3) is 0.579. The standard InChI is InChI=1S/C19H24F4O/c1-2-3-4-5-6-13-7-9-14(10-8-13)15-11-16(20)18(17(21)12-15)24-19(22)23/h3-4,11-14,19H,2,5-10H2,1H3/b4-3+. The van der Waals surface area contributed by atoms with Crippen LogP contribution in [0.1, 0.15) is 63.4 Å². The van der Waals surface area contributed by atoms with Crippen molar-refractivity contribution in [2.24, 2.45) is 5.92 Å². The zero-order valence-corrected chi connectivity index (χ0v) is 13.9. The quantitative estimate of drug-likeness (QED) is 0.401. The molecule has 0 heterocycles. The Morgan fingerprint density at radius 3 is 2.25 bits per heavy atom. The molecule has 5 heteroatoms. The van der Waals surface area contributed by atoms with Gasteiger partial charge in [0.25, 0.3) is 0 Å². The van der Waals surface area contributed by atoms with Crippen molar-refractivity contribution < 1.29 is 22.3 Å². The van der Waals surface area contributed by atoms with E-state index in [0.29, 0.717) is 11.5 Å². The molecular formula is C19H24F4O. The molecule has 1 aromatic carbocycles. The number of ether oxygens (including phenoxy) is 1. The van der Waals surface area contributed by atoms with E-state index in [1.54, 1.807) is 0 Å². The lowest BCUT2D eigenvalue weighted by atomic mass is 9.77. The molecular weight excluding hydrogens is 320 g/mol. The minimum Gasteiger partial charge on any atom is -0.429 e. The largest absolute Gasteiger partial charge is 0.429 e. The molecule has 0 atom stereocenters. The van der Waals surface area contributed by atoms with Gasteiger partial charge >= 0.3 is 6.61 Å². The Balaban J connectivity index is 1.93. The molecule has 0 amide bonds. The van der Waals surface area contributed by atoms with E-state index in [4.69, 9.17) is 0 Å². The Kier molecular flexibility index (Phi) is 7.13. The van der Waals surface area contributed by atoms with Gasteiger partial charge in [-0.1, -0.05) is 19.1 Å². The summed E-state index contributed by atoms with van der Waals surface area (Å²) in [5.41, 5.74) is 0.538. The van der Waals surface area contributed by atoms with Crippen LogP contribution in [0.2, 0.25) is 0 Å². The first-order chi connectivity index (χ1) is 11.5. The molecule has 0 bridgehead atoms. The van der Waals surface area contributed by atoms with Gasteiger partial charge in [-0.2, -0.15) is 8.78 Å². The Hall–Kier alpha value is -1.52. The van der Waals surface area contributed by atoms with Gasteiger partial charge in [-0.25, -0.2) is 8.78 Å². The molecule has 0 radical (unpaired) electrons. The number of rotatable bonds is 7. The van der Waals surface area contributed by atoms with Gasteiger partial charge in [-0.3, -0.25) is 0 Å². The first-order valence-corrected chi connectivity index (χ1v) is 8.60. The third-order valence-corrected chi connectivity index (χ3v) is 4.69. The highest BCUT2D eigenvalue weighted by atomic mass is 19.3. The minimum absolute atomic E-state index is 0.0806. The number of hydrogen-bond acceptors (Lipinski definition) is 1. The molecule has 1 saturated carbocycles. The molecule has 134 valence electrons. The third-order valence-electron chi connectivity index (χ3n) is 4.69. The fourth-order valence-electron chi connectivity index (χ4n) is 3.42. The van der Waals surface area contributed by atoms with Crippen LogP contribution in [0.25, 0.3) is 0 Å². The van der Waals surface area contributed by atoms with E-state index in [9.17, 15) is 17.6 Å². The lowest BCUT2D eigenvalue weighted by Gasteiger charge is -2.29. The van der Waals surface area contributed by atoms with Crippen molar-refractivity contribution in [3.63, 3.8) is 0 Å². The maximum atomic E-state index is 13.8. The van der Waals surface area contributed by atoms with Crippen molar-refractivity contribution >= 4 is 0 Å². The maximum absolute atomic E-state index is 13.8. The summed E-state index contributed by atoms with van der Waals surface area (Å²) in [7, 11) is 0. The van der Waals surface area contributed by atoms with Crippen LogP contribution < -0.4 is 4.74 Å². The van der Waals surface area contributed by atoms with E-state index in [-0.39, 0.29) is 5.92 Å². The SMILES string of the molecule is CC/C=C/CCC1CCC(c2cc(F)c(OC(F)F)c(F)c2)CC1. The van der Waals surface area contributed by atoms with Crippen LogP contribution in [-0.2, 0) is 0 Å². The summed E-state index contributed by atoms with van der Waals surface area (Å²) < 4.78 is 55.9. The predicted octanol–water partition coefficient (Wildman–Crippen LogP) is 6.59. The number of alkyl halides is 2. The van der Waals surface area contributed by atoms with Crippen LogP contribution in [0.5, 0.6) is 5.75 Å². The second-order valence-electron chi connectivity index (χ2n) is 6.37. The van der Waals surface area contributed by atoms with Gasteiger partial charge in [-0.15, -0.1) is 0 Å². The Morgan fingerprint density at radius 1 is 1.08 bits per heavy atom. The van der Waals surface area contributed by atoms with E-state index in [1.807, 2.05) is 0 Å². The molecule has 1 nitrogen and oxygen atoms in total. The first kappa shape index (κ1) is 18.8. The van der Waals surface area contributed by atoms with Crippen molar-refractivity contribution in [1.82, 2.24) is 0 Å². The fourth-order valence-corrected chi connectivity index (χ4v) is 3.42. The smallest absolute Gasteiger partial charge is 0.387 e. The lowest BCUT2D eigenvalue weighted by molar-refractivity contribution is -0.0546. The van der Waals surface area contributed by atoms with Gasteiger partial charge in [0.2, 0.25) is 0 Å². The van der Waals surface area contributed by atoms with Crippen LogP contribution >= 0.6 is 0 Å². The summed E-state index contributed by atoms with van der Waals surface area (Å²) in [5.74, 6) is -2.38. The minimum atomic E-state index is -3.24. The van der Waals surface area contributed by atoms with Crippen molar-refractivity contribution in [2.75, 3.05) is 0 Å². The van der Waals surface area contributed by atoms with Gasteiger partial charge in [0.1, 0.15) is 0 Å². The van der Waals surface area contributed by atoms with E-state index in [1.165, 1.54) is 0 Å². The molecule has 0 spiro atoms. The van der Waals surface area contributed by atoms with Crippen molar-refractivity contribution in [1.29, 1.82) is 0 Å². The molecule has 1 aromatic rings. The zero-order chi connectivity index (χ0) is 17.5. The highest BCUT2D eigenvalue weighted by Crippen LogP contribution is 2.39. The topological polar surface area (TPSA) is 9.23 Å². The normalized spacial score (nSPS) is 21.6. The molecule has 1 fully saturated rings. The molecule has 1 aliphatic carbocycles.